The van der Waals surface area contributed by atoms with Crippen LogP contribution in [0.15, 0.2) is 76.4 Å². The lowest BCUT2D eigenvalue weighted by Crippen LogP contribution is -2.61. The van der Waals surface area contributed by atoms with Crippen molar-refractivity contribution in [3.63, 3.8) is 0 Å². The summed E-state index contributed by atoms with van der Waals surface area (Å²) in [7, 11) is 1.23. The molecule has 4 unspecified atom stereocenters. The number of fused-ring (bicyclic) bond motifs is 1. The molecule has 4 fully saturated rings. The second-order valence-corrected chi connectivity index (χ2v) is 13.0. The van der Waals surface area contributed by atoms with Crippen LogP contribution in [0.1, 0.15) is 58.5 Å². The van der Waals surface area contributed by atoms with Gasteiger partial charge in [-0.05, 0) is 86.3 Å². The van der Waals surface area contributed by atoms with Crippen LogP contribution in [0.2, 0.25) is 5.02 Å². The second kappa shape index (κ2) is 10.7. The van der Waals surface area contributed by atoms with Crippen molar-refractivity contribution in [2.75, 3.05) is 7.11 Å². The van der Waals surface area contributed by atoms with Crippen molar-refractivity contribution in [2.24, 2.45) is 17.8 Å². The Balaban J connectivity index is 1.24. The molecule has 4 aliphatic carbocycles. The van der Waals surface area contributed by atoms with Crippen molar-refractivity contribution in [1.29, 1.82) is 0 Å². The molecule has 4 aliphatic rings. The van der Waals surface area contributed by atoms with Gasteiger partial charge in [0, 0.05) is 40.0 Å². The van der Waals surface area contributed by atoms with Crippen LogP contribution in [-0.4, -0.2) is 44.9 Å². The first kappa shape index (κ1) is 28.6. The molecule has 0 spiro atoms. The van der Waals surface area contributed by atoms with Gasteiger partial charge in [-0.15, -0.1) is 0 Å². The van der Waals surface area contributed by atoms with E-state index in [1.54, 1.807) is 41.0 Å². The SMILES string of the molecule is COC(=O)c1c(Cn2ccc(C(=O)NC3C4CC5C[C@@H]3CC(O)(C5)C4)cc2=O)c(=O)c2ccc(Cl)cc2n1-c1ccccc1. The minimum atomic E-state index is -0.743. The molecule has 0 saturated heterocycles. The number of nitrogens with one attached hydrogen (secondary N) is 1. The number of amides is 1. The van der Waals surface area contributed by atoms with Gasteiger partial charge in [-0.25, -0.2) is 4.79 Å². The summed E-state index contributed by atoms with van der Waals surface area (Å²) in [5.41, 5.74) is -0.211. The monoisotopic (exact) mass is 613 g/mol. The van der Waals surface area contributed by atoms with E-state index in [0.717, 1.165) is 19.3 Å². The maximum atomic E-state index is 13.9. The molecule has 2 heterocycles. The fourth-order valence-electron chi connectivity index (χ4n) is 8.11. The van der Waals surface area contributed by atoms with Gasteiger partial charge in [-0.3, -0.25) is 14.4 Å². The molecule has 4 bridgehead atoms. The highest BCUT2D eigenvalue weighted by molar-refractivity contribution is 6.31. The highest BCUT2D eigenvalue weighted by atomic mass is 35.5. The molecule has 226 valence electrons. The maximum absolute atomic E-state index is 13.9. The molecule has 0 aliphatic heterocycles. The lowest BCUT2D eigenvalue weighted by atomic mass is 9.52. The standard InChI is InChI=1S/C34H32ClN3O6/c1-44-33(42)30-26(31(40)25-8-7-23(35)14-27(25)38(30)24-5-3-2-4-6-24)18-37-10-9-20(13-28(37)39)32(41)36-29-21-11-19-12-22(29)17-34(43,15-19)16-21/h2-10,13-14,19,21-22,29,43H,11-12,15-18H2,1H3,(H,36,41)/t19?,21-,22?,29?,34?/m1/s1. The number of nitrogens with zero attached hydrogens (tertiary/aromatic N) is 2. The Morgan fingerprint density at radius 2 is 1.75 bits per heavy atom. The molecular formula is C34H32ClN3O6. The molecule has 5 atom stereocenters. The molecule has 2 N–H and O–H groups in total. The van der Waals surface area contributed by atoms with E-state index in [4.69, 9.17) is 16.3 Å². The van der Waals surface area contributed by atoms with E-state index < -0.39 is 22.6 Å². The lowest BCUT2D eigenvalue weighted by Gasteiger charge is -2.58. The van der Waals surface area contributed by atoms with Crippen LogP contribution in [0.3, 0.4) is 0 Å². The quantitative estimate of drug-likeness (QED) is 0.313. The number of para-hydroxylation sites is 1. The number of aliphatic hydroxyl groups is 1. The van der Waals surface area contributed by atoms with Crippen molar-refractivity contribution >= 4 is 34.4 Å². The van der Waals surface area contributed by atoms with Crippen LogP contribution in [0.5, 0.6) is 0 Å². The van der Waals surface area contributed by atoms with E-state index in [9.17, 15) is 24.3 Å². The summed E-state index contributed by atoms with van der Waals surface area (Å²) < 4.78 is 8.05. The zero-order valence-electron chi connectivity index (χ0n) is 24.2. The van der Waals surface area contributed by atoms with Crippen LogP contribution in [-0.2, 0) is 11.3 Å². The van der Waals surface area contributed by atoms with Crippen LogP contribution in [0.25, 0.3) is 16.6 Å². The summed E-state index contributed by atoms with van der Waals surface area (Å²) >= 11 is 6.31. The van der Waals surface area contributed by atoms with E-state index in [1.165, 1.54) is 23.9 Å². The summed E-state index contributed by atoms with van der Waals surface area (Å²) in [6.07, 6.45) is 5.74. The normalized spacial score (nSPS) is 25.2. The molecular weight excluding hydrogens is 582 g/mol. The van der Waals surface area contributed by atoms with Crippen molar-refractivity contribution in [1.82, 2.24) is 14.5 Å². The molecule has 10 heteroatoms. The summed E-state index contributed by atoms with van der Waals surface area (Å²) in [4.78, 5) is 53.8. The Kier molecular flexibility index (Phi) is 6.98. The molecule has 4 aromatic rings. The minimum Gasteiger partial charge on any atom is -0.464 e. The van der Waals surface area contributed by atoms with Gasteiger partial charge < -0.3 is 24.3 Å². The van der Waals surface area contributed by atoms with E-state index in [1.807, 2.05) is 18.2 Å². The lowest BCUT2D eigenvalue weighted by molar-refractivity contribution is -0.136. The maximum Gasteiger partial charge on any atom is 0.355 e. The molecule has 4 saturated carbocycles. The Morgan fingerprint density at radius 3 is 2.41 bits per heavy atom. The summed E-state index contributed by atoms with van der Waals surface area (Å²) in [5, 5.41) is 14.8. The van der Waals surface area contributed by atoms with Crippen LogP contribution in [0, 0.1) is 17.8 Å². The van der Waals surface area contributed by atoms with Gasteiger partial charge in [-0.1, -0.05) is 29.8 Å². The Morgan fingerprint density at radius 1 is 1.02 bits per heavy atom. The number of pyridine rings is 2. The smallest absolute Gasteiger partial charge is 0.355 e. The van der Waals surface area contributed by atoms with E-state index in [0.29, 0.717) is 40.4 Å². The Bertz CT molecular complexity index is 1920. The number of benzene rings is 2. The van der Waals surface area contributed by atoms with E-state index in [-0.39, 0.29) is 47.2 Å². The van der Waals surface area contributed by atoms with Gasteiger partial charge in [0.15, 0.2) is 5.43 Å². The first-order chi connectivity index (χ1) is 21.1. The number of carbonyl (C=O) groups is 2. The average Bonchev–Trinajstić information content (AvgIpc) is 3.00. The van der Waals surface area contributed by atoms with E-state index >= 15 is 0 Å². The molecule has 1 amide bonds. The van der Waals surface area contributed by atoms with Crippen LogP contribution >= 0.6 is 11.6 Å². The minimum absolute atomic E-state index is 0.0178. The van der Waals surface area contributed by atoms with Gasteiger partial charge in [0.05, 0.1) is 30.3 Å². The van der Waals surface area contributed by atoms with Gasteiger partial charge in [0.1, 0.15) is 5.69 Å². The molecule has 8 rings (SSSR count). The van der Waals surface area contributed by atoms with Crippen molar-refractivity contribution < 1.29 is 19.4 Å². The number of hydrogen-bond acceptors (Lipinski definition) is 6. The predicted octanol–water partition coefficient (Wildman–Crippen LogP) is 4.31. The predicted molar refractivity (Wildman–Crippen MR) is 165 cm³/mol. The summed E-state index contributed by atoms with van der Waals surface area (Å²) in [6.45, 7) is -0.220. The molecule has 44 heavy (non-hydrogen) atoms. The number of aromatic nitrogens is 2. The number of methoxy groups -OCH3 is 1. The number of carbonyl (C=O) groups excluding carboxylic acids is 2. The number of esters is 1. The fourth-order valence-corrected chi connectivity index (χ4v) is 8.28. The van der Waals surface area contributed by atoms with Gasteiger partial charge in [-0.2, -0.15) is 0 Å². The Hall–Kier alpha value is -4.21. The largest absolute Gasteiger partial charge is 0.464 e. The Labute approximate surface area is 258 Å². The summed E-state index contributed by atoms with van der Waals surface area (Å²) in [6, 6.07) is 16.7. The van der Waals surface area contributed by atoms with Gasteiger partial charge >= 0.3 is 5.97 Å². The van der Waals surface area contributed by atoms with Crippen LogP contribution in [0.4, 0.5) is 0 Å². The third-order valence-electron chi connectivity index (χ3n) is 9.75. The molecule has 2 aromatic carbocycles. The first-order valence-corrected chi connectivity index (χ1v) is 15.3. The zero-order valence-corrected chi connectivity index (χ0v) is 24.9. The molecule has 2 aromatic heterocycles. The van der Waals surface area contributed by atoms with Gasteiger partial charge in [0.2, 0.25) is 0 Å². The van der Waals surface area contributed by atoms with E-state index in [2.05, 4.69) is 5.32 Å². The van der Waals surface area contributed by atoms with Crippen LogP contribution < -0.4 is 16.3 Å². The third-order valence-corrected chi connectivity index (χ3v) is 9.98. The van der Waals surface area contributed by atoms with Gasteiger partial charge in [0.25, 0.3) is 11.5 Å². The highest BCUT2D eigenvalue weighted by Crippen LogP contribution is 2.55. The number of hydrogen-bond donors (Lipinski definition) is 2. The zero-order chi connectivity index (χ0) is 30.7. The fraction of sp³-hybridized carbons (Fsp3) is 0.353. The molecule has 9 nitrogen and oxygen atoms in total. The van der Waals surface area contributed by atoms with Crippen molar-refractivity contribution in [2.45, 2.75) is 50.3 Å². The first-order valence-electron chi connectivity index (χ1n) is 14.9. The van der Waals surface area contributed by atoms with Crippen molar-refractivity contribution in [3.8, 4) is 5.69 Å². The van der Waals surface area contributed by atoms with Crippen molar-refractivity contribution in [3.05, 3.63) is 109 Å². The second-order valence-electron chi connectivity index (χ2n) is 12.6. The average molecular weight is 614 g/mol. The molecule has 0 radical (unpaired) electrons. The topological polar surface area (TPSA) is 120 Å². The number of rotatable bonds is 6. The highest BCUT2D eigenvalue weighted by Gasteiger charge is 2.55. The number of halogens is 1. The summed E-state index contributed by atoms with van der Waals surface area (Å²) in [5.74, 6) is -0.0815. The third kappa shape index (κ3) is 4.84. The number of ether oxygens (including phenoxy) is 1.